The van der Waals surface area contributed by atoms with Gasteiger partial charge in [0.25, 0.3) is 5.56 Å². The number of fused-ring (bicyclic) bond motifs is 1. The van der Waals surface area contributed by atoms with Crippen LogP contribution < -0.4 is 10.9 Å². The lowest BCUT2D eigenvalue weighted by molar-refractivity contribution is -0.138. The highest BCUT2D eigenvalue weighted by atomic mass is 32.2. The predicted octanol–water partition coefficient (Wildman–Crippen LogP) is 3.06. The van der Waals surface area contributed by atoms with Crippen molar-refractivity contribution in [2.75, 3.05) is 17.7 Å². The van der Waals surface area contributed by atoms with Crippen molar-refractivity contribution in [2.45, 2.75) is 38.3 Å². The fraction of sp³-hybridized carbons (Fsp3) is 0.368. The molecule has 0 fully saturated rings. The van der Waals surface area contributed by atoms with Gasteiger partial charge >= 0.3 is 5.97 Å². The van der Waals surface area contributed by atoms with E-state index in [1.165, 1.54) is 11.8 Å². The maximum Gasteiger partial charge on any atom is 0.336 e. The van der Waals surface area contributed by atoms with Gasteiger partial charge in [0.15, 0.2) is 5.16 Å². The summed E-state index contributed by atoms with van der Waals surface area (Å²) in [6.07, 6.45) is 4.29. The second-order valence-corrected chi connectivity index (χ2v) is 7.17. The molecule has 1 atom stereocenters. The van der Waals surface area contributed by atoms with Gasteiger partial charge in [0, 0.05) is 23.8 Å². The Kier molecular flexibility index (Phi) is 5.95. The van der Waals surface area contributed by atoms with Crippen molar-refractivity contribution in [1.29, 1.82) is 0 Å². The van der Waals surface area contributed by atoms with Crippen molar-refractivity contribution >= 4 is 23.5 Å². The third-order valence-electron chi connectivity index (χ3n) is 4.18. The van der Waals surface area contributed by atoms with Crippen molar-refractivity contribution in [3.8, 4) is 0 Å². The molecular weight excluding hydrogens is 364 g/mol. The summed E-state index contributed by atoms with van der Waals surface area (Å²) in [5, 5.41) is 3.68. The van der Waals surface area contributed by atoms with E-state index in [1.54, 1.807) is 32.3 Å². The molecule has 142 valence electrons. The van der Waals surface area contributed by atoms with E-state index in [0.29, 0.717) is 27.8 Å². The number of H-pyrrole nitrogens is 1. The lowest BCUT2D eigenvalue weighted by Crippen LogP contribution is -2.31. The lowest BCUT2D eigenvalue weighted by atomic mass is 9.83. The number of carbonyl (C=O) groups is 1. The monoisotopic (exact) mass is 386 g/mol. The molecule has 1 aliphatic heterocycles. The van der Waals surface area contributed by atoms with E-state index in [2.05, 4.69) is 27.2 Å². The van der Waals surface area contributed by atoms with E-state index in [4.69, 9.17) is 4.74 Å². The molecule has 1 aliphatic rings. The molecule has 0 radical (unpaired) electrons. The van der Waals surface area contributed by atoms with Gasteiger partial charge in [-0.2, -0.15) is 0 Å². The van der Waals surface area contributed by atoms with Crippen LogP contribution in [0.1, 0.15) is 44.2 Å². The van der Waals surface area contributed by atoms with Crippen LogP contribution in [0.2, 0.25) is 0 Å². The molecule has 0 bridgehead atoms. The fourth-order valence-electron chi connectivity index (χ4n) is 3.06. The molecule has 0 aliphatic carbocycles. The van der Waals surface area contributed by atoms with E-state index in [-0.39, 0.29) is 12.2 Å². The third-order valence-corrected chi connectivity index (χ3v) is 5.26. The Bertz CT molecular complexity index is 924. The molecule has 3 heterocycles. The second kappa shape index (κ2) is 8.39. The number of esters is 1. The molecule has 2 N–H and O–H groups in total. The van der Waals surface area contributed by atoms with E-state index < -0.39 is 11.9 Å². The molecule has 2 aromatic heterocycles. The van der Waals surface area contributed by atoms with Crippen LogP contribution >= 0.6 is 11.8 Å². The zero-order chi connectivity index (χ0) is 19.4. The number of anilines is 1. The van der Waals surface area contributed by atoms with Crippen LogP contribution in [0.4, 0.5) is 5.82 Å². The van der Waals surface area contributed by atoms with E-state index in [9.17, 15) is 9.59 Å². The smallest absolute Gasteiger partial charge is 0.336 e. The maximum absolute atomic E-state index is 12.9. The number of carbonyl (C=O) groups excluding carboxylic acids is 1. The number of aromatic amines is 1. The van der Waals surface area contributed by atoms with Crippen LogP contribution in [-0.4, -0.2) is 33.3 Å². The molecule has 0 spiro atoms. The number of pyridine rings is 1. The number of hydrogen-bond acceptors (Lipinski definition) is 7. The first-order chi connectivity index (χ1) is 13.1. The topological polar surface area (TPSA) is 97.0 Å². The Morgan fingerprint density at radius 2 is 2.19 bits per heavy atom. The lowest BCUT2D eigenvalue weighted by Gasteiger charge is -2.28. The largest absolute Gasteiger partial charge is 0.463 e. The fourth-order valence-corrected chi connectivity index (χ4v) is 3.78. The molecule has 2 aromatic rings. The van der Waals surface area contributed by atoms with Crippen molar-refractivity contribution in [3.05, 3.63) is 57.3 Å². The van der Waals surface area contributed by atoms with Gasteiger partial charge in [0.05, 0.1) is 23.7 Å². The Morgan fingerprint density at radius 1 is 1.37 bits per heavy atom. The number of allylic oxidation sites excluding steroid dienone is 1. The highest BCUT2D eigenvalue weighted by Crippen LogP contribution is 2.39. The molecule has 0 saturated carbocycles. The standard InChI is InChI=1S/C19H22N4O3S/c1-4-9-27-19-22-16-15(17(24)23-19)14(12-7-6-8-20-10-12)13(11(3)21-16)18(25)26-5-2/h6-8,10,14H,4-5,9H2,1-3H3,(H2,21,22,23,24). The summed E-state index contributed by atoms with van der Waals surface area (Å²) in [6.45, 7) is 5.87. The average Bonchev–Trinajstić information content (AvgIpc) is 2.66. The van der Waals surface area contributed by atoms with Crippen LogP contribution in [0.15, 0.2) is 45.7 Å². The molecule has 7 nitrogen and oxygen atoms in total. The van der Waals surface area contributed by atoms with Gasteiger partial charge < -0.3 is 15.0 Å². The summed E-state index contributed by atoms with van der Waals surface area (Å²) in [6, 6.07) is 3.63. The zero-order valence-corrected chi connectivity index (χ0v) is 16.4. The predicted molar refractivity (Wildman–Crippen MR) is 105 cm³/mol. The molecule has 3 rings (SSSR count). The summed E-state index contributed by atoms with van der Waals surface area (Å²) in [7, 11) is 0. The first-order valence-corrected chi connectivity index (χ1v) is 9.87. The Hall–Kier alpha value is -2.61. The minimum atomic E-state index is -0.588. The molecular formula is C19H22N4O3S. The summed E-state index contributed by atoms with van der Waals surface area (Å²) in [5.41, 5.74) is 1.90. The Morgan fingerprint density at radius 3 is 2.85 bits per heavy atom. The van der Waals surface area contributed by atoms with E-state index in [1.807, 2.05) is 6.07 Å². The van der Waals surface area contributed by atoms with Gasteiger partial charge in [0.2, 0.25) is 0 Å². The third kappa shape index (κ3) is 3.90. The first kappa shape index (κ1) is 19.2. The second-order valence-electron chi connectivity index (χ2n) is 6.09. The van der Waals surface area contributed by atoms with Crippen LogP contribution in [-0.2, 0) is 9.53 Å². The van der Waals surface area contributed by atoms with Crippen molar-refractivity contribution in [1.82, 2.24) is 15.0 Å². The van der Waals surface area contributed by atoms with Crippen molar-refractivity contribution in [2.24, 2.45) is 0 Å². The highest BCUT2D eigenvalue weighted by molar-refractivity contribution is 7.99. The van der Waals surface area contributed by atoms with E-state index in [0.717, 1.165) is 17.7 Å². The normalized spacial score (nSPS) is 15.9. The number of ether oxygens (including phenoxy) is 1. The first-order valence-electron chi connectivity index (χ1n) is 8.88. The van der Waals surface area contributed by atoms with Crippen LogP contribution in [0.3, 0.4) is 0 Å². The number of hydrogen-bond donors (Lipinski definition) is 2. The van der Waals surface area contributed by atoms with Crippen molar-refractivity contribution in [3.63, 3.8) is 0 Å². The number of thioether (sulfide) groups is 1. The number of nitrogens with zero attached hydrogens (tertiary/aromatic N) is 2. The minimum absolute atomic E-state index is 0.253. The molecule has 1 unspecified atom stereocenters. The molecule has 0 amide bonds. The summed E-state index contributed by atoms with van der Waals surface area (Å²) in [5.74, 6) is 0.287. The molecule has 27 heavy (non-hydrogen) atoms. The van der Waals surface area contributed by atoms with Gasteiger partial charge in [-0.05, 0) is 31.9 Å². The summed E-state index contributed by atoms with van der Waals surface area (Å²) in [4.78, 5) is 37.1. The van der Waals surface area contributed by atoms with Crippen LogP contribution in [0, 0.1) is 0 Å². The molecule has 0 saturated heterocycles. The van der Waals surface area contributed by atoms with Crippen LogP contribution in [0.5, 0.6) is 0 Å². The Balaban J connectivity index is 2.17. The number of nitrogens with one attached hydrogen (secondary N) is 2. The maximum atomic E-state index is 12.9. The van der Waals surface area contributed by atoms with Gasteiger partial charge in [0.1, 0.15) is 5.82 Å². The van der Waals surface area contributed by atoms with Gasteiger partial charge in [-0.15, -0.1) is 0 Å². The number of rotatable bonds is 6. The SMILES string of the molecule is CCCSc1nc2c(c(=O)[nH]1)C(c1cccnc1)C(C(=O)OCC)=C(C)N2. The molecule has 8 heteroatoms. The van der Waals surface area contributed by atoms with E-state index >= 15 is 0 Å². The quantitative estimate of drug-likeness (QED) is 0.447. The van der Waals surface area contributed by atoms with Gasteiger partial charge in [-0.1, -0.05) is 24.8 Å². The molecule has 0 aromatic carbocycles. The van der Waals surface area contributed by atoms with Gasteiger partial charge in [-0.25, -0.2) is 9.78 Å². The summed E-state index contributed by atoms with van der Waals surface area (Å²) >= 11 is 1.49. The average molecular weight is 386 g/mol. The Labute approximate surface area is 161 Å². The highest BCUT2D eigenvalue weighted by Gasteiger charge is 2.36. The number of aromatic nitrogens is 3. The van der Waals surface area contributed by atoms with Crippen molar-refractivity contribution < 1.29 is 9.53 Å². The summed E-state index contributed by atoms with van der Waals surface area (Å²) < 4.78 is 5.24. The minimum Gasteiger partial charge on any atom is -0.463 e. The zero-order valence-electron chi connectivity index (χ0n) is 15.5. The van der Waals surface area contributed by atoms with Crippen LogP contribution in [0.25, 0.3) is 0 Å². The van der Waals surface area contributed by atoms with Gasteiger partial charge in [-0.3, -0.25) is 9.78 Å².